The molecule has 3 fully saturated rings. The van der Waals surface area contributed by atoms with Gasteiger partial charge < -0.3 is 14.6 Å². The van der Waals surface area contributed by atoms with Gasteiger partial charge in [-0.1, -0.05) is 0 Å². The Labute approximate surface area is 63.1 Å². The Morgan fingerprint density at radius 1 is 1.45 bits per heavy atom. The lowest BCUT2D eigenvalue weighted by atomic mass is 9.88. The predicted molar refractivity (Wildman–Crippen MR) is 32.7 cm³/mol. The first kappa shape index (κ1) is 5.97. The van der Waals surface area contributed by atoms with Crippen LogP contribution in [0.4, 0.5) is 0 Å². The summed E-state index contributed by atoms with van der Waals surface area (Å²) >= 11 is 0. The fourth-order valence-corrected chi connectivity index (χ4v) is 2.26. The molecule has 0 aromatic heterocycles. The summed E-state index contributed by atoms with van der Waals surface area (Å²) in [5.74, 6) is -0.285. The molecule has 4 heteroatoms. The molecule has 3 aliphatic rings. The van der Waals surface area contributed by atoms with E-state index >= 15 is 0 Å². The molecule has 0 aromatic rings. The molecule has 3 rings (SSSR count). The third-order valence-corrected chi connectivity index (χ3v) is 2.81. The van der Waals surface area contributed by atoms with Crippen molar-refractivity contribution < 1.29 is 19.4 Å². The van der Waals surface area contributed by atoms with E-state index < -0.39 is 6.10 Å². The minimum absolute atomic E-state index is 0.0894. The quantitative estimate of drug-likeness (QED) is 0.460. The molecule has 3 aliphatic heterocycles. The first-order valence-electron chi connectivity index (χ1n) is 3.81. The van der Waals surface area contributed by atoms with E-state index in [2.05, 4.69) is 0 Å². The molecule has 0 spiro atoms. The molecule has 60 valence electrons. The van der Waals surface area contributed by atoms with Crippen LogP contribution in [-0.2, 0) is 14.3 Å². The third kappa shape index (κ3) is 0.520. The van der Waals surface area contributed by atoms with Crippen LogP contribution in [0, 0.1) is 5.92 Å². The van der Waals surface area contributed by atoms with Crippen molar-refractivity contribution in [2.45, 2.75) is 30.8 Å². The van der Waals surface area contributed by atoms with Crippen LogP contribution in [0.25, 0.3) is 0 Å². The van der Waals surface area contributed by atoms with Gasteiger partial charge >= 0.3 is 5.97 Å². The molecular formula is C7H8O4. The summed E-state index contributed by atoms with van der Waals surface area (Å²) in [6, 6.07) is 0. The summed E-state index contributed by atoms with van der Waals surface area (Å²) in [6.07, 6.45) is -0.612. The Kier molecular flexibility index (Phi) is 0.863. The third-order valence-electron chi connectivity index (χ3n) is 2.81. The van der Waals surface area contributed by atoms with E-state index in [1.165, 1.54) is 0 Å². The van der Waals surface area contributed by atoms with Crippen LogP contribution >= 0.6 is 0 Å². The highest BCUT2D eigenvalue weighted by Gasteiger charge is 2.63. The Morgan fingerprint density at radius 3 is 2.91 bits per heavy atom. The van der Waals surface area contributed by atoms with Crippen molar-refractivity contribution in [1.29, 1.82) is 0 Å². The molecule has 0 radical (unpaired) electrons. The van der Waals surface area contributed by atoms with E-state index in [0.29, 0.717) is 6.42 Å². The maximum atomic E-state index is 11.0. The lowest BCUT2D eigenvalue weighted by molar-refractivity contribution is -0.145. The SMILES string of the molecule is O=C1O[C@H]2[C@H](O)[C@H]3C[C@@H]1[C@@H]2O3. The van der Waals surface area contributed by atoms with E-state index in [1.54, 1.807) is 0 Å². The first-order chi connectivity index (χ1) is 5.27. The van der Waals surface area contributed by atoms with Crippen LogP contribution in [0.5, 0.6) is 0 Å². The fourth-order valence-electron chi connectivity index (χ4n) is 2.26. The second-order valence-corrected chi connectivity index (χ2v) is 3.37. The number of fused-ring (bicyclic) bond motifs is 1. The molecule has 2 bridgehead atoms. The van der Waals surface area contributed by atoms with E-state index in [-0.39, 0.29) is 30.2 Å². The Bertz CT molecular complexity index is 226. The van der Waals surface area contributed by atoms with Gasteiger partial charge in [-0.2, -0.15) is 0 Å². The standard InChI is InChI=1S/C7H8O4/c8-4-3-1-2-5(10-3)6(4)11-7(2)9/h2-6,8H,1H2/t2-,3-,4-,5+,6+/m1/s1. The number of rotatable bonds is 0. The highest BCUT2D eigenvalue weighted by molar-refractivity contribution is 5.77. The van der Waals surface area contributed by atoms with Crippen molar-refractivity contribution in [1.82, 2.24) is 0 Å². The van der Waals surface area contributed by atoms with Gasteiger partial charge in [-0.15, -0.1) is 0 Å². The zero-order valence-corrected chi connectivity index (χ0v) is 5.77. The Hall–Kier alpha value is -0.610. The van der Waals surface area contributed by atoms with Gasteiger partial charge in [-0.3, -0.25) is 4.79 Å². The van der Waals surface area contributed by atoms with Crippen molar-refractivity contribution in [2.24, 2.45) is 5.92 Å². The molecule has 0 saturated carbocycles. The summed E-state index contributed by atoms with van der Waals surface area (Å²) in [4.78, 5) is 11.0. The van der Waals surface area contributed by atoms with Gasteiger partial charge in [0.1, 0.15) is 12.2 Å². The lowest BCUT2D eigenvalue weighted by Crippen LogP contribution is -2.36. The fraction of sp³-hybridized carbons (Fsp3) is 0.857. The smallest absolute Gasteiger partial charge is 0.312 e. The molecule has 0 aromatic carbocycles. The second-order valence-electron chi connectivity index (χ2n) is 3.37. The molecule has 3 saturated heterocycles. The number of hydrogen-bond acceptors (Lipinski definition) is 4. The van der Waals surface area contributed by atoms with Crippen molar-refractivity contribution in [3.63, 3.8) is 0 Å². The number of carbonyl (C=O) groups excluding carboxylic acids is 1. The molecule has 0 aliphatic carbocycles. The van der Waals surface area contributed by atoms with Gasteiger partial charge in [0.25, 0.3) is 0 Å². The van der Waals surface area contributed by atoms with Crippen LogP contribution in [0.3, 0.4) is 0 Å². The summed E-state index contributed by atoms with van der Waals surface area (Å²) < 4.78 is 10.3. The first-order valence-corrected chi connectivity index (χ1v) is 3.81. The number of carbonyl (C=O) groups is 1. The second kappa shape index (κ2) is 1.59. The maximum absolute atomic E-state index is 11.0. The summed E-state index contributed by atoms with van der Waals surface area (Å²) in [5.41, 5.74) is 0. The lowest BCUT2D eigenvalue weighted by Gasteiger charge is -2.15. The zero-order valence-electron chi connectivity index (χ0n) is 5.77. The highest BCUT2D eigenvalue weighted by atomic mass is 16.6. The largest absolute Gasteiger partial charge is 0.456 e. The van der Waals surface area contributed by atoms with Crippen LogP contribution in [0.1, 0.15) is 6.42 Å². The Morgan fingerprint density at radius 2 is 2.27 bits per heavy atom. The molecule has 5 atom stereocenters. The van der Waals surface area contributed by atoms with Crippen molar-refractivity contribution in [3.05, 3.63) is 0 Å². The van der Waals surface area contributed by atoms with Crippen LogP contribution in [-0.4, -0.2) is 35.5 Å². The van der Waals surface area contributed by atoms with Crippen molar-refractivity contribution in [2.75, 3.05) is 0 Å². The predicted octanol–water partition coefficient (Wildman–Crippen LogP) is -0.940. The zero-order chi connectivity index (χ0) is 7.59. The number of aliphatic hydroxyl groups is 1. The van der Waals surface area contributed by atoms with E-state index in [1.807, 2.05) is 0 Å². The van der Waals surface area contributed by atoms with Crippen LogP contribution < -0.4 is 0 Å². The normalized spacial score (nSPS) is 58.6. The number of ether oxygens (including phenoxy) is 2. The van der Waals surface area contributed by atoms with Gasteiger partial charge in [-0.05, 0) is 6.42 Å². The van der Waals surface area contributed by atoms with E-state index in [0.717, 1.165) is 0 Å². The summed E-state index contributed by atoms with van der Waals surface area (Å²) in [5, 5.41) is 9.42. The molecule has 0 amide bonds. The summed E-state index contributed by atoms with van der Waals surface area (Å²) in [7, 11) is 0. The molecule has 1 N–H and O–H groups in total. The Balaban J connectivity index is 2.04. The van der Waals surface area contributed by atoms with E-state index in [9.17, 15) is 9.90 Å². The van der Waals surface area contributed by atoms with Crippen LogP contribution in [0.2, 0.25) is 0 Å². The average Bonchev–Trinajstić information content (AvgIpc) is 2.53. The monoisotopic (exact) mass is 156 g/mol. The molecule has 4 nitrogen and oxygen atoms in total. The van der Waals surface area contributed by atoms with Crippen LogP contribution in [0.15, 0.2) is 0 Å². The molecular weight excluding hydrogens is 148 g/mol. The van der Waals surface area contributed by atoms with Gasteiger partial charge in [-0.25, -0.2) is 0 Å². The summed E-state index contributed by atoms with van der Waals surface area (Å²) in [6.45, 7) is 0. The topological polar surface area (TPSA) is 55.8 Å². The van der Waals surface area contributed by atoms with Crippen molar-refractivity contribution in [3.8, 4) is 0 Å². The maximum Gasteiger partial charge on any atom is 0.312 e. The molecule has 11 heavy (non-hydrogen) atoms. The minimum Gasteiger partial charge on any atom is -0.456 e. The van der Waals surface area contributed by atoms with Gasteiger partial charge in [0.2, 0.25) is 0 Å². The number of hydrogen-bond donors (Lipinski definition) is 1. The average molecular weight is 156 g/mol. The van der Waals surface area contributed by atoms with Gasteiger partial charge in [0.05, 0.1) is 12.0 Å². The number of aliphatic hydroxyl groups excluding tert-OH is 1. The molecule has 0 unspecified atom stereocenters. The van der Waals surface area contributed by atoms with E-state index in [4.69, 9.17) is 9.47 Å². The number of esters is 1. The highest BCUT2D eigenvalue weighted by Crippen LogP contribution is 2.45. The van der Waals surface area contributed by atoms with Gasteiger partial charge in [0.15, 0.2) is 6.10 Å². The molecule has 3 heterocycles. The van der Waals surface area contributed by atoms with Gasteiger partial charge in [0, 0.05) is 0 Å². The van der Waals surface area contributed by atoms with Crippen molar-refractivity contribution >= 4 is 5.97 Å². The minimum atomic E-state index is -0.581.